The molecular formula is C23H23ClN2O3S. The van der Waals surface area contributed by atoms with Gasteiger partial charge in [-0.05, 0) is 60.5 Å². The molecule has 0 saturated heterocycles. The third-order valence-corrected chi connectivity index (χ3v) is 6.90. The van der Waals surface area contributed by atoms with E-state index in [1.807, 2.05) is 30.3 Å². The number of amides is 1. The van der Waals surface area contributed by atoms with E-state index in [0.717, 1.165) is 5.56 Å². The number of rotatable bonds is 6. The summed E-state index contributed by atoms with van der Waals surface area (Å²) in [6.45, 7) is 2.28. The van der Waals surface area contributed by atoms with E-state index in [1.54, 1.807) is 49.2 Å². The lowest BCUT2D eigenvalue weighted by Crippen LogP contribution is -2.28. The van der Waals surface area contributed by atoms with Crippen molar-refractivity contribution in [2.24, 2.45) is 0 Å². The van der Waals surface area contributed by atoms with Crippen LogP contribution >= 0.6 is 11.6 Å². The fourth-order valence-corrected chi connectivity index (χ4v) is 4.57. The number of sulfonamides is 1. The zero-order valence-corrected chi connectivity index (χ0v) is 18.6. The van der Waals surface area contributed by atoms with Crippen LogP contribution in [0.5, 0.6) is 0 Å². The highest BCUT2D eigenvalue weighted by Crippen LogP contribution is 2.27. The smallest absolute Gasteiger partial charge is 0.264 e. The van der Waals surface area contributed by atoms with Gasteiger partial charge in [-0.25, -0.2) is 8.42 Å². The van der Waals surface area contributed by atoms with Gasteiger partial charge < -0.3 is 4.90 Å². The molecule has 0 aromatic heterocycles. The van der Waals surface area contributed by atoms with E-state index in [2.05, 4.69) is 0 Å². The van der Waals surface area contributed by atoms with E-state index in [4.69, 9.17) is 11.6 Å². The summed E-state index contributed by atoms with van der Waals surface area (Å²) in [5.41, 5.74) is 2.74. The number of hydrogen-bond donors (Lipinski definition) is 0. The van der Waals surface area contributed by atoms with Crippen LogP contribution in [0.25, 0.3) is 0 Å². The SMILES string of the molecule is Cc1cc(C(=O)N(C)Cc2ccccc2)ccc1N(C)S(=O)(=O)c1ccc(Cl)cc1. The van der Waals surface area contributed by atoms with Crippen LogP contribution in [0.2, 0.25) is 5.02 Å². The Morgan fingerprint density at radius 2 is 1.57 bits per heavy atom. The van der Waals surface area contributed by atoms with Gasteiger partial charge in [0.05, 0.1) is 10.6 Å². The molecule has 0 aliphatic rings. The third-order valence-electron chi connectivity index (χ3n) is 4.86. The Morgan fingerprint density at radius 3 is 2.17 bits per heavy atom. The van der Waals surface area contributed by atoms with Crippen molar-refractivity contribution >= 4 is 33.2 Å². The summed E-state index contributed by atoms with van der Waals surface area (Å²) in [6.07, 6.45) is 0. The van der Waals surface area contributed by atoms with Crippen LogP contribution in [0.15, 0.2) is 77.7 Å². The number of hydrogen-bond acceptors (Lipinski definition) is 3. The van der Waals surface area contributed by atoms with Crippen LogP contribution in [0, 0.1) is 6.92 Å². The van der Waals surface area contributed by atoms with E-state index in [1.165, 1.54) is 23.5 Å². The van der Waals surface area contributed by atoms with Crippen molar-refractivity contribution in [3.05, 3.63) is 94.5 Å². The molecule has 0 radical (unpaired) electrons. The van der Waals surface area contributed by atoms with Crippen molar-refractivity contribution in [2.45, 2.75) is 18.4 Å². The molecule has 5 nitrogen and oxygen atoms in total. The van der Waals surface area contributed by atoms with Crippen molar-refractivity contribution in [3.8, 4) is 0 Å². The first-order valence-corrected chi connectivity index (χ1v) is 11.2. The summed E-state index contributed by atoms with van der Waals surface area (Å²) in [5.74, 6) is -0.128. The molecule has 0 atom stereocenters. The fraction of sp³-hybridized carbons (Fsp3) is 0.174. The molecule has 0 aliphatic heterocycles. The van der Waals surface area contributed by atoms with E-state index in [0.29, 0.717) is 28.4 Å². The predicted molar refractivity (Wildman–Crippen MR) is 120 cm³/mol. The third kappa shape index (κ3) is 4.66. The molecule has 0 unspecified atom stereocenters. The van der Waals surface area contributed by atoms with Gasteiger partial charge in [0, 0.05) is 31.2 Å². The molecule has 0 heterocycles. The molecule has 3 aromatic carbocycles. The lowest BCUT2D eigenvalue weighted by Gasteiger charge is -2.23. The topological polar surface area (TPSA) is 57.7 Å². The molecule has 156 valence electrons. The first kappa shape index (κ1) is 21.9. The zero-order valence-electron chi connectivity index (χ0n) is 17.0. The number of nitrogens with zero attached hydrogens (tertiary/aromatic N) is 2. The summed E-state index contributed by atoms with van der Waals surface area (Å²) in [5, 5.41) is 0.468. The fourth-order valence-electron chi connectivity index (χ4n) is 3.19. The molecular weight excluding hydrogens is 420 g/mol. The summed E-state index contributed by atoms with van der Waals surface area (Å²) in [7, 11) is -0.501. The van der Waals surface area contributed by atoms with E-state index in [-0.39, 0.29) is 10.8 Å². The molecule has 0 saturated carbocycles. The Kier molecular flexibility index (Phi) is 6.48. The molecule has 3 aromatic rings. The maximum Gasteiger partial charge on any atom is 0.264 e. The zero-order chi connectivity index (χ0) is 21.9. The molecule has 0 aliphatic carbocycles. The first-order chi connectivity index (χ1) is 14.2. The highest BCUT2D eigenvalue weighted by atomic mass is 35.5. The quantitative estimate of drug-likeness (QED) is 0.553. The van der Waals surface area contributed by atoms with E-state index >= 15 is 0 Å². The number of benzene rings is 3. The van der Waals surface area contributed by atoms with Crippen LogP contribution in [0.3, 0.4) is 0 Å². The van der Waals surface area contributed by atoms with Crippen LogP contribution in [-0.4, -0.2) is 33.3 Å². The van der Waals surface area contributed by atoms with Crippen molar-refractivity contribution in [1.82, 2.24) is 4.90 Å². The van der Waals surface area contributed by atoms with Crippen molar-refractivity contribution < 1.29 is 13.2 Å². The van der Waals surface area contributed by atoms with Crippen molar-refractivity contribution in [3.63, 3.8) is 0 Å². The van der Waals surface area contributed by atoms with Gasteiger partial charge in [-0.1, -0.05) is 41.9 Å². The van der Waals surface area contributed by atoms with Gasteiger partial charge in [0.1, 0.15) is 0 Å². The maximum absolute atomic E-state index is 12.9. The number of halogens is 1. The van der Waals surface area contributed by atoms with E-state index in [9.17, 15) is 13.2 Å². The summed E-state index contributed by atoms with van der Waals surface area (Å²) in [6, 6.07) is 20.8. The van der Waals surface area contributed by atoms with Crippen molar-refractivity contribution in [2.75, 3.05) is 18.4 Å². The molecule has 0 spiro atoms. The highest BCUT2D eigenvalue weighted by molar-refractivity contribution is 7.92. The van der Waals surface area contributed by atoms with Crippen LogP contribution in [-0.2, 0) is 16.6 Å². The van der Waals surface area contributed by atoms with Gasteiger partial charge in [0.15, 0.2) is 0 Å². The summed E-state index contributed by atoms with van der Waals surface area (Å²) in [4.78, 5) is 14.6. The standard InChI is InChI=1S/C23H23ClN2O3S/c1-17-15-19(23(27)25(2)16-18-7-5-4-6-8-18)9-14-22(17)26(3)30(28,29)21-12-10-20(24)11-13-21/h4-15H,16H2,1-3H3. The average molecular weight is 443 g/mol. The monoisotopic (exact) mass is 442 g/mol. The Hall–Kier alpha value is -2.83. The van der Waals surface area contributed by atoms with E-state index < -0.39 is 10.0 Å². The van der Waals surface area contributed by atoms with Gasteiger partial charge in [-0.15, -0.1) is 0 Å². The van der Waals surface area contributed by atoms with Gasteiger partial charge in [-0.2, -0.15) is 0 Å². The second-order valence-corrected chi connectivity index (χ2v) is 9.48. The number of carbonyl (C=O) groups excluding carboxylic acids is 1. The normalized spacial score (nSPS) is 11.2. The summed E-state index contributed by atoms with van der Waals surface area (Å²) >= 11 is 5.86. The molecule has 3 rings (SSSR count). The Labute approximate surface area is 182 Å². The first-order valence-electron chi connectivity index (χ1n) is 9.34. The lowest BCUT2D eigenvalue weighted by molar-refractivity contribution is 0.0785. The van der Waals surface area contributed by atoms with Crippen LogP contribution in [0.4, 0.5) is 5.69 Å². The molecule has 0 N–H and O–H groups in total. The highest BCUT2D eigenvalue weighted by Gasteiger charge is 2.23. The van der Waals surface area contributed by atoms with Gasteiger partial charge in [-0.3, -0.25) is 9.10 Å². The second kappa shape index (κ2) is 8.90. The molecule has 7 heteroatoms. The number of carbonyl (C=O) groups is 1. The van der Waals surface area contributed by atoms with Crippen LogP contribution in [0.1, 0.15) is 21.5 Å². The lowest BCUT2D eigenvalue weighted by atomic mass is 10.1. The minimum Gasteiger partial charge on any atom is -0.337 e. The second-order valence-electron chi connectivity index (χ2n) is 7.07. The molecule has 30 heavy (non-hydrogen) atoms. The minimum absolute atomic E-state index is 0.128. The average Bonchev–Trinajstić information content (AvgIpc) is 2.73. The minimum atomic E-state index is -3.74. The number of aryl methyl sites for hydroxylation is 1. The molecule has 1 amide bonds. The summed E-state index contributed by atoms with van der Waals surface area (Å²) < 4.78 is 27.1. The van der Waals surface area contributed by atoms with Crippen LogP contribution < -0.4 is 4.31 Å². The molecule has 0 bridgehead atoms. The van der Waals surface area contributed by atoms with Gasteiger partial charge in [0.25, 0.3) is 15.9 Å². The van der Waals surface area contributed by atoms with Gasteiger partial charge >= 0.3 is 0 Å². The Morgan fingerprint density at radius 1 is 0.933 bits per heavy atom. The Bertz CT molecular complexity index is 1150. The molecule has 0 fully saturated rings. The Balaban J connectivity index is 1.82. The number of anilines is 1. The van der Waals surface area contributed by atoms with Gasteiger partial charge in [0.2, 0.25) is 0 Å². The maximum atomic E-state index is 12.9. The largest absolute Gasteiger partial charge is 0.337 e. The predicted octanol–water partition coefficient (Wildman–Crippen LogP) is 4.75. The van der Waals surface area contributed by atoms with Crippen molar-refractivity contribution in [1.29, 1.82) is 0 Å².